The average Bonchev–Trinajstić information content (AvgIpc) is 2.29. The van der Waals surface area contributed by atoms with E-state index in [0.29, 0.717) is 11.8 Å². The van der Waals surface area contributed by atoms with Crippen LogP contribution in [0.4, 0.5) is 14.5 Å². The predicted octanol–water partition coefficient (Wildman–Crippen LogP) is 1.83. The molecule has 0 aliphatic heterocycles. The number of hydrogen-bond acceptors (Lipinski definition) is 4. The number of carbonyl (C=O) groups is 1. The molecule has 1 amide bonds. The van der Waals surface area contributed by atoms with Gasteiger partial charge in [-0.1, -0.05) is 23.9 Å². The summed E-state index contributed by atoms with van der Waals surface area (Å²) < 4.78 is 47.9. The van der Waals surface area contributed by atoms with E-state index in [9.17, 15) is 22.0 Å². The molecule has 0 saturated carbocycles. The van der Waals surface area contributed by atoms with Gasteiger partial charge in [0.25, 0.3) is 5.76 Å². The Morgan fingerprint density at radius 1 is 1.40 bits per heavy atom. The number of likely N-dealkylation sites (N-methyl/N-ethyl adjacent to an activating group) is 1. The zero-order valence-corrected chi connectivity index (χ0v) is 12.5. The third kappa shape index (κ3) is 5.43. The van der Waals surface area contributed by atoms with Gasteiger partial charge in [0.05, 0.1) is 18.5 Å². The lowest BCUT2D eigenvalue weighted by molar-refractivity contribution is -0.116. The van der Waals surface area contributed by atoms with E-state index >= 15 is 0 Å². The number of carbonyl (C=O) groups excluding carboxylic acids is 1. The Kier molecular flexibility index (Phi) is 5.90. The van der Waals surface area contributed by atoms with Crippen molar-refractivity contribution in [1.82, 2.24) is 4.31 Å². The van der Waals surface area contributed by atoms with Crippen LogP contribution in [0.3, 0.4) is 0 Å². The molecular formula is C11H14F2N2O3S2. The van der Waals surface area contributed by atoms with Crippen molar-refractivity contribution in [2.75, 3.05) is 25.2 Å². The molecule has 0 aromatic heterocycles. The van der Waals surface area contributed by atoms with Crippen LogP contribution >= 0.6 is 11.8 Å². The quantitative estimate of drug-likeness (QED) is 0.811. The van der Waals surface area contributed by atoms with Crippen molar-refractivity contribution in [2.45, 2.75) is 10.7 Å². The van der Waals surface area contributed by atoms with Gasteiger partial charge in [0.15, 0.2) is 0 Å². The van der Waals surface area contributed by atoms with Crippen LogP contribution in [-0.2, 0) is 14.8 Å². The van der Waals surface area contributed by atoms with Crippen LogP contribution in [0.2, 0.25) is 0 Å². The number of nitrogens with one attached hydrogen (secondary N) is 1. The normalized spacial score (nSPS) is 11.9. The summed E-state index contributed by atoms with van der Waals surface area (Å²) in [6.45, 7) is -0.382. The molecule has 5 nitrogen and oxygen atoms in total. The summed E-state index contributed by atoms with van der Waals surface area (Å²) >= 11 is 0.312. The number of sulfonamides is 1. The van der Waals surface area contributed by atoms with Gasteiger partial charge in [-0.3, -0.25) is 4.79 Å². The fourth-order valence-electron chi connectivity index (χ4n) is 1.28. The molecule has 1 N–H and O–H groups in total. The Bertz CT molecular complexity index is 579. The largest absolute Gasteiger partial charge is 0.324 e. The van der Waals surface area contributed by atoms with E-state index in [2.05, 4.69) is 5.32 Å². The highest BCUT2D eigenvalue weighted by molar-refractivity contribution is 7.99. The maximum absolute atomic E-state index is 12.4. The van der Waals surface area contributed by atoms with Gasteiger partial charge in [-0.2, -0.15) is 13.1 Å². The van der Waals surface area contributed by atoms with Crippen molar-refractivity contribution < 1.29 is 22.0 Å². The zero-order chi connectivity index (χ0) is 15.3. The first-order chi connectivity index (χ1) is 9.20. The maximum Gasteiger partial charge on any atom is 0.288 e. The van der Waals surface area contributed by atoms with Crippen molar-refractivity contribution in [3.8, 4) is 0 Å². The second-order valence-corrected chi connectivity index (χ2v) is 7.06. The Labute approximate surface area is 120 Å². The summed E-state index contributed by atoms with van der Waals surface area (Å²) in [7, 11) is -2.21. The van der Waals surface area contributed by atoms with E-state index in [0.717, 1.165) is 10.6 Å². The molecular weight excluding hydrogens is 310 g/mol. The molecule has 0 radical (unpaired) electrons. The first-order valence-electron chi connectivity index (χ1n) is 5.45. The molecule has 9 heteroatoms. The van der Waals surface area contributed by atoms with Crippen LogP contribution in [0.25, 0.3) is 0 Å². The second kappa shape index (κ2) is 7.00. The molecule has 1 rings (SSSR count). The second-order valence-electron chi connectivity index (χ2n) is 3.94. The van der Waals surface area contributed by atoms with E-state index in [1.54, 1.807) is 12.1 Å². The molecule has 0 atom stereocenters. The molecule has 0 bridgehead atoms. The van der Waals surface area contributed by atoms with Crippen molar-refractivity contribution in [3.05, 3.63) is 24.3 Å². The lowest BCUT2D eigenvalue weighted by Gasteiger charge is -2.15. The molecule has 0 spiro atoms. The highest BCUT2D eigenvalue weighted by Gasteiger charge is 2.17. The Balaban J connectivity index is 2.76. The summed E-state index contributed by atoms with van der Waals surface area (Å²) in [5.74, 6) is -3.20. The number of rotatable bonds is 6. The SMILES string of the molecule is CN(CC(=O)Nc1ccccc1SC(F)F)S(C)(=O)=O. The minimum absolute atomic E-state index is 0.220. The van der Waals surface area contributed by atoms with E-state index in [-0.39, 0.29) is 17.1 Å². The summed E-state index contributed by atoms with van der Waals surface area (Å²) in [6, 6.07) is 6.09. The Morgan fingerprint density at radius 3 is 2.55 bits per heavy atom. The van der Waals surface area contributed by atoms with Crippen LogP contribution in [0, 0.1) is 0 Å². The van der Waals surface area contributed by atoms with Crippen LogP contribution < -0.4 is 5.32 Å². The van der Waals surface area contributed by atoms with Crippen LogP contribution in [0.1, 0.15) is 0 Å². The minimum Gasteiger partial charge on any atom is -0.324 e. The number of para-hydroxylation sites is 1. The smallest absolute Gasteiger partial charge is 0.288 e. The van der Waals surface area contributed by atoms with Gasteiger partial charge in [-0.15, -0.1) is 0 Å². The molecule has 112 valence electrons. The highest BCUT2D eigenvalue weighted by atomic mass is 32.2. The molecule has 0 heterocycles. The summed E-state index contributed by atoms with van der Waals surface area (Å²) in [6.07, 6.45) is 0.973. The highest BCUT2D eigenvalue weighted by Crippen LogP contribution is 2.31. The van der Waals surface area contributed by atoms with Gasteiger partial charge < -0.3 is 5.32 Å². The predicted molar refractivity (Wildman–Crippen MR) is 74.4 cm³/mol. The van der Waals surface area contributed by atoms with Crippen LogP contribution in [0.5, 0.6) is 0 Å². The molecule has 0 aliphatic rings. The number of halogens is 2. The first-order valence-corrected chi connectivity index (χ1v) is 8.18. The van der Waals surface area contributed by atoms with E-state index in [1.807, 2.05) is 0 Å². The van der Waals surface area contributed by atoms with Gasteiger partial charge in [-0.05, 0) is 12.1 Å². The standard InChI is InChI=1S/C11H14F2N2O3S2/c1-15(20(2,17)18)7-10(16)14-8-5-3-4-6-9(8)19-11(12)13/h3-6,11H,7H2,1-2H3,(H,14,16). The molecule has 20 heavy (non-hydrogen) atoms. The number of thioether (sulfide) groups is 1. The van der Waals surface area contributed by atoms with Crippen molar-refractivity contribution in [2.24, 2.45) is 0 Å². The molecule has 1 aromatic carbocycles. The lowest BCUT2D eigenvalue weighted by atomic mass is 10.3. The van der Waals surface area contributed by atoms with Gasteiger partial charge >= 0.3 is 0 Å². The monoisotopic (exact) mass is 324 g/mol. The van der Waals surface area contributed by atoms with Crippen LogP contribution in [0.15, 0.2) is 29.2 Å². The fraction of sp³-hybridized carbons (Fsp3) is 0.364. The Hall–Kier alpha value is -1.19. The van der Waals surface area contributed by atoms with E-state index in [4.69, 9.17) is 0 Å². The van der Waals surface area contributed by atoms with Gasteiger partial charge in [0.1, 0.15) is 0 Å². The summed E-state index contributed by atoms with van der Waals surface area (Å²) in [5, 5.41) is 2.42. The number of anilines is 1. The average molecular weight is 324 g/mol. The summed E-state index contributed by atoms with van der Waals surface area (Å²) in [4.78, 5) is 11.9. The lowest BCUT2D eigenvalue weighted by Crippen LogP contribution is -2.34. The number of nitrogens with zero attached hydrogens (tertiary/aromatic N) is 1. The number of benzene rings is 1. The maximum atomic E-state index is 12.4. The third-order valence-electron chi connectivity index (χ3n) is 2.31. The van der Waals surface area contributed by atoms with Gasteiger partial charge in [0.2, 0.25) is 15.9 Å². The molecule has 0 unspecified atom stereocenters. The number of alkyl halides is 2. The van der Waals surface area contributed by atoms with E-state index in [1.165, 1.54) is 19.2 Å². The third-order valence-corrected chi connectivity index (χ3v) is 4.36. The van der Waals surface area contributed by atoms with E-state index < -0.39 is 21.7 Å². The fourth-order valence-corrected chi connectivity index (χ4v) is 2.22. The van der Waals surface area contributed by atoms with Crippen molar-refractivity contribution >= 4 is 33.4 Å². The first kappa shape index (κ1) is 16.9. The van der Waals surface area contributed by atoms with Gasteiger partial charge in [-0.25, -0.2) is 8.42 Å². The molecule has 0 aliphatic carbocycles. The Morgan fingerprint density at radius 2 is 2.00 bits per heavy atom. The zero-order valence-electron chi connectivity index (χ0n) is 10.8. The molecule has 0 fully saturated rings. The van der Waals surface area contributed by atoms with Crippen molar-refractivity contribution in [1.29, 1.82) is 0 Å². The number of hydrogen-bond donors (Lipinski definition) is 1. The van der Waals surface area contributed by atoms with Crippen LogP contribution in [-0.4, -0.2) is 44.2 Å². The van der Waals surface area contributed by atoms with Gasteiger partial charge in [0, 0.05) is 11.9 Å². The number of amides is 1. The molecule has 0 saturated heterocycles. The topological polar surface area (TPSA) is 66.5 Å². The summed E-state index contributed by atoms with van der Waals surface area (Å²) in [5.41, 5.74) is 0.227. The minimum atomic E-state index is -3.47. The molecule has 1 aromatic rings. The van der Waals surface area contributed by atoms with Crippen molar-refractivity contribution in [3.63, 3.8) is 0 Å².